The summed E-state index contributed by atoms with van der Waals surface area (Å²) in [4.78, 5) is 25.4. The molecule has 53 heavy (non-hydrogen) atoms. The van der Waals surface area contributed by atoms with Gasteiger partial charge < -0.3 is 24.3 Å². The maximum Gasteiger partial charge on any atom is 0.256 e. The van der Waals surface area contributed by atoms with Crippen LogP contribution in [0.1, 0.15) is 68.1 Å². The lowest BCUT2D eigenvalue weighted by molar-refractivity contribution is -0.133. The molecule has 5 aromatic rings. The number of benzene rings is 2. The molecule has 10 rings (SSSR count). The Morgan fingerprint density at radius 2 is 2.00 bits per heavy atom. The first-order valence-electron chi connectivity index (χ1n) is 18.5. The third-order valence-corrected chi connectivity index (χ3v) is 12.4. The first-order valence-corrected chi connectivity index (χ1v) is 19.3. The molecule has 5 aliphatic rings. The number of hydrogen-bond acceptors (Lipinski definition) is 7. The SMILES string of the molecule is CCOc1ncccc1O[C@H]1C[C@H](c2cc3c(C)nc4c(F)c(-c5cccc(Cl)c5Cl)c(CCC#N)cc4c3n2[C@H]2[C@H]3CN[C@@H]2C3)N(C(=O)C2CC2)C1. The minimum absolute atomic E-state index is 0.0192. The number of pyridine rings is 2. The number of nitrogens with one attached hydrogen (secondary N) is 1. The highest BCUT2D eigenvalue weighted by Gasteiger charge is 2.51. The molecule has 2 aromatic carbocycles. The number of nitriles is 1. The highest BCUT2D eigenvalue weighted by molar-refractivity contribution is 6.43. The van der Waals surface area contributed by atoms with Gasteiger partial charge in [0.2, 0.25) is 5.91 Å². The van der Waals surface area contributed by atoms with Gasteiger partial charge in [-0.25, -0.2) is 14.4 Å². The van der Waals surface area contributed by atoms with Gasteiger partial charge in [0.1, 0.15) is 11.6 Å². The van der Waals surface area contributed by atoms with E-state index in [4.69, 9.17) is 37.7 Å². The summed E-state index contributed by atoms with van der Waals surface area (Å²) in [6, 6.07) is 15.4. The molecule has 2 aliphatic carbocycles. The molecule has 0 spiro atoms. The summed E-state index contributed by atoms with van der Waals surface area (Å²) in [6.45, 7) is 5.63. The predicted molar refractivity (Wildman–Crippen MR) is 202 cm³/mol. The summed E-state index contributed by atoms with van der Waals surface area (Å²) in [5, 5.41) is 15.5. The molecule has 0 unspecified atom stereocenters. The largest absolute Gasteiger partial charge is 0.483 e. The zero-order valence-corrected chi connectivity index (χ0v) is 31.1. The number of carbonyl (C=O) groups is 1. The van der Waals surface area contributed by atoms with E-state index in [9.17, 15) is 10.1 Å². The van der Waals surface area contributed by atoms with Gasteiger partial charge in [0.05, 0.1) is 46.9 Å². The molecule has 3 aliphatic heterocycles. The molecule has 0 radical (unpaired) electrons. The number of ether oxygens (including phenoxy) is 2. The Labute approximate surface area is 317 Å². The van der Waals surface area contributed by atoms with Gasteiger partial charge in [-0.15, -0.1) is 0 Å². The zero-order valence-electron chi connectivity index (χ0n) is 29.5. The maximum absolute atomic E-state index is 17.2. The van der Waals surface area contributed by atoms with Crippen LogP contribution >= 0.6 is 23.2 Å². The molecule has 1 N–H and O–H groups in total. The number of rotatable bonds is 10. The van der Waals surface area contributed by atoms with E-state index in [0.29, 0.717) is 76.3 Å². The standard InChI is InChI=1S/C41H39Cl2FN6O3/c1-3-52-40-33(10-6-14-46-40)53-25-17-31(49(20-25)41(51)22-11-12-22)32-18-27-21(2)48-37-28(39(27)50(32)38-24-16-30(38)47-19-24)15-23(7-5-13-45)34(36(37)44)26-8-4-9-29(42)35(26)43/h4,6,8-10,14-15,18,22,24-25,30-31,38,47H,3,5,7,11-12,16-17,19-20H2,1-2H3/t24-,25+,30-,31-,38+/m1/s1. The van der Waals surface area contributed by atoms with Gasteiger partial charge in [0.15, 0.2) is 11.6 Å². The number of aryl methyl sites for hydroxylation is 2. The van der Waals surface area contributed by atoms with Crippen LogP contribution in [0.15, 0.2) is 48.7 Å². The van der Waals surface area contributed by atoms with Crippen molar-refractivity contribution in [3.63, 3.8) is 0 Å². The molecule has 9 nitrogen and oxygen atoms in total. The number of nitrogens with zero attached hydrogens (tertiary/aromatic N) is 5. The fourth-order valence-corrected chi connectivity index (χ4v) is 9.36. The molecule has 3 saturated heterocycles. The van der Waals surface area contributed by atoms with Crippen LogP contribution in [0.2, 0.25) is 10.0 Å². The van der Waals surface area contributed by atoms with E-state index in [2.05, 4.69) is 27.0 Å². The van der Waals surface area contributed by atoms with Gasteiger partial charge in [-0.1, -0.05) is 35.3 Å². The Balaban J connectivity index is 1.24. The molecule has 2 bridgehead atoms. The number of amides is 1. The van der Waals surface area contributed by atoms with Gasteiger partial charge in [-0.05, 0) is 81.3 Å². The van der Waals surface area contributed by atoms with Crippen molar-refractivity contribution in [1.29, 1.82) is 5.26 Å². The van der Waals surface area contributed by atoms with Crippen LogP contribution in [0.4, 0.5) is 4.39 Å². The van der Waals surface area contributed by atoms with Crippen molar-refractivity contribution < 1.29 is 18.7 Å². The molecule has 12 heteroatoms. The first kappa shape index (κ1) is 34.3. The highest BCUT2D eigenvalue weighted by atomic mass is 35.5. The number of carbonyl (C=O) groups excluding carboxylic acids is 1. The summed E-state index contributed by atoms with van der Waals surface area (Å²) in [6.07, 6.45) is 5.34. The Kier molecular flexibility index (Phi) is 8.72. The average molecular weight is 754 g/mol. The lowest BCUT2D eigenvalue weighted by Gasteiger charge is -2.39. The van der Waals surface area contributed by atoms with Gasteiger partial charge in [0, 0.05) is 70.8 Å². The summed E-state index contributed by atoms with van der Waals surface area (Å²) in [5.74, 6) is 1.07. The van der Waals surface area contributed by atoms with Crippen molar-refractivity contribution in [3.8, 4) is 28.8 Å². The van der Waals surface area contributed by atoms with E-state index in [0.717, 1.165) is 42.4 Å². The zero-order chi connectivity index (χ0) is 36.5. The van der Waals surface area contributed by atoms with E-state index in [-0.39, 0.29) is 53.0 Å². The number of halogens is 3. The minimum atomic E-state index is -0.491. The summed E-state index contributed by atoms with van der Waals surface area (Å²) >= 11 is 13.1. The van der Waals surface area contributed by atoms with E-state index in [1.807, 2.05) is 36.9 Å². The van der Waals surface area contributed by atoms with E-state index in [1.54, 1.807) is 24.4 Å². The molecule has 5 atom stereocenters. The maximum atomic E-state index is 17.2. The first-order chi connectivity index (χ1) is 25.8. The van der Waals surface area contributed by atoms with Crippen molar-refractivity contribution >= 4 is 50.9 Å². The van der Waals surface area contributed by atoms with Crippen molar-refractivity contribution in [2.75, 3.05) is 19.7 Å². The van der Waals surface area contributed by atoms with Crippen LogP contribution in [0.3, 0.4) is 0 Å². The van der Waals surface area contributed by atoms with Crippen molar-refractivity contribution in [1.82, 2.24) is 24.8 Å². The van der Waals surface area contributed by atoms with Crippen LogP contribution in [0.25, 0.3) is 32.9 Å². The molecule has 3 aromatic heterocycles. The quantitative estimate of drug-likeness (QED) is 0.153. The normalized spacial score (nSPS) is 23.4. The molecule has 5 fully saturated rings. The lowest BCUT2D eigenvalue weighted by Crippen LogP contribution is -2.41. The minimum Gasteiger partial charge on any atom is -0.483 e. The van der Waals surface area contributed by atoms with Crippen molar-refractivity contribution in [2.24, 2.45) is 11.8 Å². The van der Waals surface area contributed by atoms with Gasteiger partial charge >= 0.3 is 0 Å². The van der Waals surface area contributed by atoms with Crippen LogP contribution < -0.4 is 14.8 Å². The van der Waals surface area contributed by atoms with E-state index in [1.165, 1.54) is 0 Å². The summed E-state index contributed by atoms with van der Waals surface area (Å²) in [5.41, 5.74) is 4.30. The molecule has 6 heterocycles. The number of fused-ring (bicyclic) bond motifs is 4. The molecular formula is C41H39Cl2FN6O3. The molecular weight excluding hydrogens is 714 g/mol. The lowest BCUT2D eigenvalue weighted by atomic mass is 9.79. The summed E-state index contributed by atoms with van der Waals surface area (Å²) in [7, 11) is 0. The van der Waals surface area contributed by atoms with Gasteiger partial charge in [-0.2, -0.15) is 5.26 Å². The second-order valence-corrected chi connectivity index (χ2v) is 15.6. The topological polar surface area (TPSA) is 105 Å². The molecule has 272 valence electrons. The third kappa shape index (κ3) is 5.71. The number of likely N-dealkylation sites (tertiary alicyclic amines) is 1. The fourth-order valence-electron chi connectivity index (χ4n) is 8.96. The van der Waals surface area contributed by atoms with E-state index >= 15 is 4.39 Å². The van der Waals surface area contributed by atoms with Gasteiger partial charge in [-0.3, -0.25) is 4.79 Å². The van der Waals surface area contributed by atoms with Crippen LogP contribution in [-0.4, -0.2) is 57.2 Å². The second-order valence-electron chi connectivity index (χ2n) is 14.8. The van der Waals surface area contributed by atoms with E-state index < -0.39 is 5.82 Å². The Bertz CT molecular complexity index is 2320. The van der Waals surface area contributed by atoms with Crippen LogP contribution in [-0.2, 0) is 11.2 Å². The fraction of sp³-hybridized carbons (Fsp3) is 0.415. The van der Waals surface area contributed by atoms with Crippen LogP contribution in [0.5, 0.6) is 11.6 Å². The Morgan fingerprint density at radius 1 is 1.15 bits per heavy atom. The predicted octanol–water partition coefficient (Wildman–Crippen LogP) is 8.52. The highest BCUT2D eigenvalue weighted by Crippen LogP contribution is 2.51. The summed E-state index contributed by atoms with van der Waals surface area (Å²) < 4.78 is 32.0. The van der Waals surface area contributed by atoms with Crippen molar-refractivity contribution in [3.05, 3.63) is 81.5 Å². The average Bonchev–Trinajstić information content (AvgIpc) is 3.44. The monoisotopic (exact) mass is 752 g/mol. The number of aromatic nitrogens is 3. The molecule has 2 saturated carbocycles. The second kappa shape index (κ2) is 13.5. The van der Waals surface area contributed by atoms with Crippen LogP contribution in [0, 0.1) is 35.9 Å². The Morgan fingerprint density at radius 3 is 2.74 bits per heavy atom. The van der Waals surface area contributed by atoms with Gasteiger partial charge in [0.25, 0.3) is 5.88 Å². The Hall–Kier alpha value is -4.43. The van der Waals surface area contributed by atoms with Crippen molar-refractivity contribution in [2.45, 2.75) is 76.6 Å². The third-order valence-electron chi connectivity index (χ3n) is 11.6. The number of hydrogen-bond donors (Lipinski definition) is 1. The smallest absolute Gasteiger partial charge is 0.256 e. The molecule has 1 amide bonds.